The zero-order valence-electron chi connectivity index (χ0n) is 14.5. The van der Waals surface area contributed by atoms with E-state index in [1.165, 1.54) is 18.3 Å². The first kappa shape index (κ1) is 19.1. The van der Waals surface area contributed by atoms with Gasteiger partial charge in [0, 0.05) is 11.8 Å². The van der Waals surface area contributed by atoms with Crippen molar-refractivity contribution in [2.75, 3.05) is 10.1 Å². The lowest BCUT2D eigenvalue weighted by Crippen LogP contribution is -2.13. The molecule has 9 heteroatoms. The van der Waals surface area contributed by atoms with Crippen LogP contribution in [-0.4, -0.2) is 19.6 Å². The van der Waals surface area contributed by atoms with Gasteiger partial charge < -0.3 is 0 Å². The van der Waals surface area contributed by atoms with Crippen LogP contribution in [0.15, 0.2) is 88.9 Å². The van der Waals surface area contributed by atoms with Gasteiger partial charge in [0.15, 0.2) is 0 Å². The van der Waals surface area contributed by atoms with Gasteiger partial charge in [-0.15, -0.1) is 0 Å². The highest BCUT2D eigenvalue weighted by Gasteiger charge is 2.21. The minimum Gasteiger partial charge on any atom is -0.280 e. The molecule has 0 aliphatic heterocycles. The molecule has 3 rings (SSSR count). The van der Waals surface area contributed by atoms with Crippen LogP contribution in [0.25, 0.3) is 0 Å². The second-order valence-electron chi connectivity index (χ2n) is 5.69. The van der Waals surface area contributed by atoms with Crippen LogP contribution in [0.4, 0.5) is 17.1 Å². The Morgan fingerprint density at radius 2 is 1.57 bits per heavy atom. The average molecular weight is 396 g/mol. The molecular formula is C19H16N4O4S. The number of hydrogen-bond donors (Lipinski definition) is 2. The smallest absolute Gasteiger partial charge is 0.280 e. The van der Waals surface area contributed by atoms with E-state index in [-0.39, 0.29) is 10.6 Å². The number of nitro groups is 1. The van der Waals surface area contributed by atoms with Crippen molar-refractivity contribution in [3.63, 3.8) is 0 Å². The molecule has 0 spiro atoms. The number of anilines is 2. The third kappa shape index (κ3) is 4.71. The SMILES string of the molecule is O=[N+]([O-])c1cc(S(=O)(=O)Nc2ccccc2)ccc1N/N=C/c1ccccc1. The Morgan fingerprint density at radius 3 is 2.21 bits per heavy atom. The molecule has 0 saturated carbocycles. The van der Waals surface area contributed by atoms with Gasteiger partial charge >= 0.3 is 0 Å². The topological polar surface area (TPSA) is 114 Å². The second-order valence-corrected chi connectivity index (χ2v) is 7.37. The molecule has 3 aromatic carbocycles. The molecule has 0 unspecified atom stereocenters. The summed E-state index contributed by atoms with van der Waals surface area (Å²) >= 11 is 0. The zero-order chi connectivity index (χ0) is 20.0. The van der Waals surface area contributed by atoms with Gasteiger partial charge in [0.05, 0.1) is 16.0 Å². The maximum Gasteiger partial charge on any atom is 0.295 e. The number of hydrogen-bond acceptors (Lipinski definition) is 6. The lowest BCUT2D eigenvalue weighted by atomic mass is 10.2. The largest absolute Gasteiger partial charge is 0.295 e. The van der Waals surface area contributed by atoms with Gasteiger partial charge in [-0.05, 0) is 29.8 Å². The van der Waals surface area contributed by atoms with Crippen molar-refractivity contribution in [1.29, 1.82) is 0 Å². The summed E-state index contributed by atoms with van der Waals surface area (Å²) in [6.45, 7) is 0. The van der Waals surface area contributed by atoms with Crippen molar-refractivity contribution >= 4 is 33.3 Å². The van der Waals surface area contributed by atoms with Gasteiger partial charge in [-0.3, -0.25) is 20.3 Å². The Labute approximate surface area is 161 Å². The molecule has 0 fully saturated rings. The normalized spacial score (nSPS) is 11.3. The summed E-state index contributed by atoms with van der Waals surface area (Å²) < 4.78 is 27.4. The fourth-order valence-electron chi connectivity index (χ4n) is 2.36. The van der Waals surface area contributed by atoms with E-state index in [1.54, 1.807) is 30.3 Å². The zero-order valence-corrected chi connectivity index (χ0v) is 15.3. The number of benzene rings is 3. The van der Waals surface area contributed by atoms with Crippen LogP contribution in [0.2, 0.25) is 0 Å². The van der Waals surface area contributed by atoms with Gasteiger partial charge in [-0.1, -0.05) is 48.5 Å². The summed E-state index contributed by atoms with van der Waals surface area (Å²) in [5.74, 6) is 0. The number of hydrazone groups is 1. The molecule has 0 saturated heterocycles. The van der Waals surface area contributed by atoms with Gasteiger partial charge in [-0.2, -0.15) is 5.10 Å². The Hall–Kier alpha value is -3.72. The summed E-state index contributed by atoms with van der Waals surface area (Å²) in [5, 5.41) is 15.4. The molecule has 0 aliphatic carbocycles. The van der Waals surface area contributed by atoms with Crippen molar-refractivity contribution in [1.82, 2.24) is 0 Å². The van der Waals surface area contributed by atoms with E-state index in [9.17, 15) is 18.5 Å². The van der Waals surface area contributed by atoms with E-state index >= 15 is 0 Å². The van der Waals surface area contributed by atoms with Crippen LogP contribution in [0, 0.1) is 10.1 Å². The van der Waals surface area contributed by atoms with Gasteiger partial charge in [0.1, 0.15) is 5.69 Å². The molecule has 8 nitrogen and oxygen atoms in total. The van der Waals surface area contributed by atoms with Gasteiger partial charge in [0.2, 0.25) is 0 Å². The Morgan fingerprint density at radius 1 is 0.929 bits per heavy atom. The number of rotatable bonds is 7. The van der Waals surface area contributed by atoms with E-state index in [0.29, 0.717) is 5.69 Å². The molecule has 0 radical (unpaired) electrons. The van der Waals surface area contributed by atoms with E-state index in [0.717, 1.165) is 11.6 Å². The summed E-state index contributed by atoms with van der Waals surface area (Å²) in [4.78, 5) is 10.5. The first-order chi connectivity index (χ1) is 13.5. The maximum absolute atomic E-state index is 12.5. The molecule has 0 aromatic heterocycles. The highest BCUT2D eigenvalue weighted by Crippen LogP contribution is 2.28. The highest BCUT2D eigenvalue weighted by molar-refractivity contribution is 7.92. The van der Waals surface area contributed by atoms with E-state index in [1.807, 2.05) is 30.3 Å². The van der Waals surface area contributed by atoms with Crippen LogP contribution in [0.5, 0.6) is 0 Å². The van der Waals surface area contributed by atoms with E-state index in [2.05, 4.69) is 15.2 Å². The second kappa shape index (κ2) is 8.31. The predicted molar refractivity (Wildman–Crippen MR) is 108 cm³/mol. The fourth-order valence-corrected chi connectivity index (χ4v) is 3.44. The first-order valence-corrected chi connectivity index (χ1v) is 9.64. The molecule has 0 amide bonds. The van der Waals surface area contributed by atoms with E-state index in [4.69, 9.17) is 0 Å². The molecule has 3 aromatic rings. The Bertz CT molecular complexity index is 1100. The van der Waals surface area contributed by atoms with Gasteiger partial charge in [-0.25, -0.2) is 8.42 Å². The number of sulfonamides is 1. The van der Waals surface area contributed by atoms with Crippen molar-refractivity contribution in [2.24, 2.45) is 5.10 Å². The lowest BCUT2D eigenvalue weighted by molar-refractivity contribution is -0.384. The Balaban J connectivity index is 1.84. The quantitative estimate of drug-likeness (QED) is 0.358. The van der Waals surface area contributed by atoms with Crippen LogP contribution in [0.3, 0.4) is 0 Å². The minimum absolute atomic E-state index is 0.0795. The van der Waals surface area contributed by atoms with Crippen LogP contribution < -0.4 is 10.1 Å². The Kier molecular flexibility index (Phi) is 5.66. The highest BCUT2D eigenvalue weighted by atomic mass is 32.2. The number of para-hydroxylation sites is 1. The van der Waals surface area contributed by atoms with Crippen molar-refractivity contribution in [2.45, 2.75) is 4.90 Å². The van der Waals surface area contributed by atoms with Gasteiger partial charge in [0.25, 0.3) is 15.7 Å². The monoisotopic (exact) mass is 396 g/mol. The third-order valence-electron chi connectivity index (χ3n) is 3.70. The molecule has 0 heterocycles. The summed E-state index contributed by atoms with van der Waals surface area (Å²) in [6.07, 6.45) is 1.51. The predicted octanol–water partition coefficient (Wildman–Crippen LogP) is 3.84. The summed E-state index contributed by atoms with van der Waals surface area (Å²) in [6, 6.07) is 21.0. The number of nitrogens with one attached hydrogen (secondary N) is 2. The van der Waals surface area contributed by atoms with Crippen molar-refractivity contribution < 1.29 is 13.3 Å². The molecule has 0 atom stereocenters. The van der Waals surface area contributed by atoms with Crippen molar-refractivity contribution in [3.8, 4) is 0 Å². The van der Waals surface area contributed by atoms with Crippen LogP contribution >= 0.6 is 0 Å². The number of nitro benzene ring substituents is 1. The average Bonchev–Trinajstić information content (AvgIpc) is 2.69. The molecule has 2 N–H and O–H groups in total. The molecule has 0 aliphatic rings. The third-order valence-corrected chi connectivity index (χ3v) is 5.08. The van der Waals surface area contributed by atoms with E-state index < -0.39 is 20.6 Å². The minimum atomic E-state index is -3.97. The lowest BCUT2D eigenvalue weighted by Gasteiger charge is -2.09. The molecule has 28 heavy (non-hydrogen) atoms. The molecule has 0 bridgehead atoms. The summed E-state index contributed by atoms with van der Waals surface area (Å²) in [7, 11) is -3.97. The van der Waals surface area contributed by atoms with Crippen LogP contribution in [0.1, 0.15) is 5.56 Å². The molecular weight excluding hydrogens is 380 g/mol. The number of nitrogens with zero attached hydrogens (tertiary/aromatic N) is 2. The standard InChI is InChI=1S/C19H16N4O4S/c24-23(25)19-13-17(28(26,27)22-16-9-5-2-6-10-16)11-12-18(19)21-20-14-15-7-3-1-4-8-15/h1-14,21-22H/b20-14+. The first-order valence-electron chi connectivity index (χ1n) is 8.16. The summed E-state index contributed by atoms with van der Waals surface area (Å²) in [5.41, 5.74) is 3.43. The fraction of sp³-hybridized carbons (Fsp3) is 0. The van der Waals surface area contributed by atoms with Crippen molar-refractivity contribution in [3.05, 3.63) is 94.5 Å². The van der Waals surface area contributed by atoms with Crippen LogP contribution in [-0.2, 0) is 10.0 Å². The maximum atomic E-state index is 12.5. The molecule has 142 valence electrons.